The van der Waals surface area contributed by atoms with Crippen molar-refractivity contribution in [2.24, 2.45) is 16.7 Å². The predicted octanol–water partition coefficient (Wildman–Crippen LogP) is 4.45. The topological polar surface area (TPSA) is 0 Å². The summed E-state index contributed by atoms with van der Waals surface area (Å²) in [7, 11) is 0. The Morgan fingerprint density at radius 1 is 1.08 bits per heavy atom. The lowest BCUT2D eigenvalue weighted by molar-refractivity contribution is 0.154. The van der Waals surface area contributed by atoms with Crippen LogP contribution in [0, 0.1) is 16.7 Å². The highest BCUT2D eigenvalue weighted by Gasteiger charge is 2.30. The monoisotopic (exact) mass is 202 g/mol. The molecule has 0 aliphatic carbocycles. The molecule has 0 aromatic carbocycles. The normalized spacial score (nSPS) is 15.9. The van der Waals surface area contributed by atoms with Gasteiger partial charge in [0.1, 0.15) is 0 Å². The van der Waals surface area contributed by atoms with Gasteiger partial charge in [-0.3, -0.25) is 0 Å². The average molecular weight is 202 g/mol. The number of hydrogen-bond acceptors (Lipinski definition) is 1. The molecule has 0 aromatic heterocycles. The molecule has 0 saturated heterocycles. The number of rotatable bonds is 4. The highest BCUT2D eigenvalue weighted by Crippen LogP contribution is 2.39. The molecule has 0 aromatic rings. The summed E-state index contributed by atoms with van der Waals surface area (Å²) in [6.07, 6.45) is 3.51. The SMILES string of the molecule is CSCC(C)C(C)(C)CC(C)(C)C. The summed E-state index contributed by atoms with van der Waals surface area (Å²) < 4.78 is 0. The van der Waals surface area contributed by atoms with Gasteiger partial charge < -0.3 is 0 Å². The lowest BCUT2D eigenvalue weighted by Gasteiger charge is -2.37. The van der Waals surface area contributed by atoms with Crippen molar-refractivity contribution in [3.63, 3.8) is 0 Å². The molecule has 0 amide bonds. The van der Waals surface area contributed by atoms with E-state index in [1.165, 1.54) is 12.2 Å². The van der Waals surface area contributed by atoms with Crippen LogP contribution in [-0.4, -0.2) is 12.0 Å². The Bertz CT molecular complexity index is 142. The van der Waals surface area contributed by atoms with E-state index in [0.717, 1.165) is 5.92 Å². The van der Waals surface area contributed by atoms with Crippen LogP contribution in [0.3, 0.4) is 0 Å². The molecular formula is C12H26S. The molecule has 0 aliphatic heterocycles. The van der Waals surface area contributed by atoms with Crippen LogP contribution < -0.4 is 0 Å². The van der Waals surface area contributed by atoms with Crippen molar-refractivity contribution >= 4 is 11.8 Å². The first-order chi connectivity index (χ1) is 5.69. The molecule has 0 heterocycles. The molecule has 0 spiro atoms. The van der Waals surface area contributed by atoms with E-state index in [9.17, 15) is 0 Å². The minimum atomic E-state index is 0.455. The molecule has 0 rings (SSSR count). The molecule has 0 N–H and O–H groups in total. The summed E-state index contributed by atoms with van der Waals surface area (Å²) in [6.45, 7) is 14.2. The zero-order chi connectivity index (χ0) is 10.7. The maximum Gasteiger partial charge on any atom is -0.00394 e. The van der Waals surface area contributed by atoms with Crippen molar-refractivity contribution in [3.05, 3.63) is 0 Å². The van der Waals surface area contributed by atoms with Gasteiger partial charge in [0, 0.05) is 0 Å². The average Bonchev–Trinajstić information content (AvgIpc) is 1.82. The van der Waals surface area contributed by atoms with E-state index < -0.39 is 0 Å². The maximum atomic E-state index is 2.40. The van der Waals surface area contributed by atoms with Crippen LogP contribution in [0.5, 0.6) is 0 Å². The third-order valence-corrected chi connectivity index (χ3v) is 3.57. The van der Waals surface area contributed by atoms with E-state index in [1.807, 2.05) is 11.8 Å². The lowest BCUT2D eigenvalue weighted by atomic mass is 9.70. The summed E-state index contributed by atoms with van der Waals surface area (Å²) in [5, 5.41) is 0. The summed E-state index contributed by atoms with van der Waals surface area (Å²) >= 11 is 1.96. The van der Waals surface area contributed by atoms with Gasteiger partial charge in [-0.1, -0.05) is 41.5 Å². The smallest absolute Gasteiger partial charge is 0.00394 e. The van der Waals surface area contributed by atoms with Crippen LogP contribution in [0.25, 0.3) is 0 Å². The van der Waals surface area contributed by atoms with Gasteiger partial charge in [0.2, 0.25) is 0 Å². The van der Waals surface area contributed by atoms with E-state index in [1.54, 1.807) is 0 Å². The standard InChI is InChI=1S/C12H26S/c1-10(8-13-7)12(5,6)9-11(2,3)4/h10H,8-9H2,1-7H3. The summed E-state index contributed by atoms with van der Waals surface area (Å²) in [6, 6.07) is 0. The molecule has 1 atom stereocenters. The summed E-state index contributed by atoms with van der Waals surface area (Å²) in [5.74, 6) is 2.09. The second-order valence-corrected chi connectivity index (χ2v) is 6.99. The Balaban J connectivity index is 4.21. The predicted molar refractivity (Wildman–Crippen MR) is 65.4 cm³/mol. The van der Waals surface area contributed by atoms with Crippen LogP contribution in [0.2, 0.25) is 0 Å². The van der Waals surface area contributed by atoms with Crippen molar-refractivity contribution in [2.45, 2.75) is 48.0 Å². The first-order valence-electron chi connectivity index (χ1n) is 5.18. The zero-order valence-electron chi connectivity index (χ0n) is 10.4. The molecule has 1 heteroatoms. The molecule has 13 heavy (non-hydrogen) atoms. The molecule has 0 nitrogen and oxygen atoms in total. The molecule has 0 aliphatic rings. The second-order valence-electron chi connectivity index (χ2n) is 6.08. The molecule has 0 saturated carbocycles. The summed E-state index contributed by atoms with van der Waals surface area (Å²) in [5.41, 5.74) is 0.928. The number of hydrogen-bond donors (Lipinski definition) is 0. The van der Waals surface area contributed by atoms with Gasteiger partial charge >= 0.3 is 0 Å². The Labute approximate surface area is 88.9 Å². The van der Waals surface area contributed by atoms with Gasteiger partial charge in [0.05, 0.1) is 0 Å². The molecule has 0 fully saturated rings. The van der Waals surface area contributed by atoms with Crippen molar-refractivity contribution < 1.29 is 0 Å². The lowest BCUT2D eigenvalue weighted by Crippen LogP contribution is -2.28. The fourth-order valence-electron chi connectivity index (χ4n) is 2.02. The second kappa shape index (κ2) is 4.72. The Morgan fingerprint density at radius 3 is 1.85 bits per heavy atom. The minimum Gasteiger partial charge on any atom is -0.165 e. The zero-order valence-corrected chi connectivity index (χ0v) is 11.2. The summed E-state index contributed by atoms with van der Waals surface area (Å²) in [4.78, 5) is 0. The molecule has 0 bridgehead atoms. The third-order valence-electron chi connectivity index (χ3n) is 2.74. The molecule has 1 unspecified atom stereocenters. The van der Waals surface area contributed by atoms with Gasteiger partial charge in [0.25, 0.3) is 0 Å². The van der Waals surface area contributed by atoms with E-state index >= 15 is 0 Å². The largest absolute Gasteiger partial charge is 0.165 e. The van der Waals surface area contributed by atoms with Crippen molar-refractivity contribution in [1.82, 2.24) is 0 Å². The molecular weight excluding hydrogens is 176 g/mol. The van der Waals surface area contributed by atoms with Crippen molar-refractivity contribution in [2.75, 3.05) is 12.0 Å². The van der Waals surface area contributed by atoms with E-state index in [0.29, 0.717) is 10.8 Å². The Morgan fingerprint density at radius 2 is 1.54 bits per heavy atom. The maximum absolute atomic E-state index is 2.40. The third kappa shape index (κ3) is 5.61. The van der Waals surface area contributed by atoms with Crippen LogP contribution in [0.4, 0.5) is 0 Å². The van der Waals surface area contributed by atoms with Gasteiger partial charge in [-0.15, -0.1) is 0 Å². The van der Waals surface area contributed by atoms with E-state index in [-0.39, 0.29) is 0 Å². The molecule has 0 radical (unpaired) electrons. The minimum absolute atomic E-state index is 0.455. The van der Waals surface area contributed by atoms with Gasteiger partial charge in [-0.2, -0.15) is 11.8 Å². The van der Waals surface area contributed by atoms with Gasteiger partial charge in [0.15, 0.2) is 0 Å². The Kier molecular flexibility index (Phi) is 4.85. The first kappa shape index (κ1) is 13.4. The first-order valence-corrected chi connectivity index (χ1v) is 6.57. The highest BCUT2D eigenvalue weighted by molar-refractivity contribution is 7.98. The van der Waals surface area contributed by atoms with Gasteiger partial charge in [-0.25, -0.2) is 0 Å². The Hall–Kier alpha value is 0.350. The fourth-order valence-corrected chi connectivity index (χ4v) is 2.97. The van der Waals surface area contributed by atoms with Crippen LogP contribution in [-0.2, 0) is 0 Å². The van der Waals surface area contributed by atoms with Crippen molar-refractivity contribution in [3.8, 4) is 0 Å². The van der Waals surface area contributed by atoms with Crippen LogP contribution in [0.15, 0.2) is 0 Å². The van der Waals surface area contributed by atoms with Crippen LogP contribution >= 0.6 is 11.8 Å². The number of thioether (sulfide) groups is 1. The molecule has 80 valence electrons. The fraction of sp³-hybridized carbons (Fsp3) is 1.00. The van der Waals surface area contributed by atoms with E-state index in [2.05, 4.69) is 47.8 Å². The quantitative estimate of drug-likeness (QED) is 0.649. The van der Waals surface area contributed by atoms with E-state index in [4.69, 9.17) is 0 Å². The van der Waals surface area contributed by atoms with Gasteiger partial charge in [-0.05, 0) is 35.2 Å². The highest BCUT2D eigenvalue weighted by atomic mass is 32.2. The van der Waals surface area contributed by atoms with Crippen molar-refractivity contribution in [1.29, 1.82) is 0 Å². The van der Waals surface area contributed by atoms with Crippen LogP contribution in [0.1, 0.15) is 48.0 Å².